The minimum absolute atomic E-state index is 0. The molecule has 3 heteroatoms. The summed E-state index contributed by atoms with van der Waals surface area (Å²) in [7, 11) is 1.43. The molecule has 1 aromatic rings. The Bertz CT molecular complexity index is 203. The van der Waals surface area contributed by atoms with Crippen molar-refractivity contribution in [2.24, 2.45) is 0 Å². The standard InChI is InChI=1S/C7H6FO.Mg.2H/c1-9-7-5-3-2-4-6(7)8;;;/h3-5H,1H3;;;. The molecule has 0 saturated carbocycles. The number of ether oxygens (including phenoxy) is 1. The van der Waals surface area contributed by atoms with E-state index in [1.54, 1.807) is 6.07 Å². The normalized spacial score (nSPS) is 8.20. The quantitative estimate of drug-likeness (QED) is 0.538. The van der Waals surface area contributed by atoms with Gasteiger partial charge < -0.3 is 4.74 Å². The van der Waals surface area contributed by atoms with Crippen LogP contribution in [0.3, 0.4) is 0 Å². The van der Waals surface area contributed by atoms with Gasteiger partial charge in [-0.05, 0) is 18.2 Å². The van der Waals surface area contributed by atoms with E-state index in [0.29, 0.717) is 0 Å². The molecule has 10 heavy (non-hydrogen) atoms. The van der Waals surface area contributed by atoms with Gasteiger partial charge in [0.2, 0.25) is 0 Å². The highest BCUT2D eigenvalue weighted by molar-refractivity contribution is 5.75. The molecule has 0 fully saturated rings. The van der Waals surface area contributed by atoms with Crippen molar-refractivity contribution in [3.8, 4) is 5.75 Å². The lowest BCUT2D eigenvalue weighted by atomic mass is 10.3. The van der Waals surface area contributed by atoms with Crippen LogP contribution in [0.1, 0.15) is 0 Å². The second-order valence-corrected chi connectivity index (χ2v) is 1.56. The van der Waals surface area contributed by atoms with E-state index in [4.69, 9.17) is 0 Å². The fourth-order valence-corrected chi connectivity index (χ4v) is 0.561. The first-order valence-corrected chi connectivity index (χ1v) is 2.54. The predicted molar refractivity (Wildman–Crippen MR) is 40.3 cm³/mol. The van der Waals surface area contributed by atoms with Crippen molar-refractivity contribution in [2.45, 2.75) is 0 Å². The van der Waals surface area contributed by atoms with Crippen LogP contribution in [-0.2, 0) is 0 Å². The van der Waals surface area contributed by atoms with Crippen LogP contribution in [0.15, 0.2) is 18.2 Å². The third-order valence-corrected chi connectivity index (χ3v) is 0.996. The van der Waals surface area contributed by atoms with Gasteiger partial charge in [-0.15, -0.1) is 0 Å². The summed E-state index contributed by atoms with van der Waals surface area (Å²) in [6.07, 6.45) is 0. The summed E-state index contributed by atoms with van der Waals surface area (Å²) in [6, 6.07) is 6.94. The molecule has 1 radical (unpaired) electrons. The maximum absolute atomic E-state index is 12.4. The molecule has 0 aromatic heterocycles. The summed E-state index contributed by atoms with van der Waals surface area (Å²) < 4.78 is 17.1. The van der Waals surface area contributed by atoms with Gasteiger partial charge in [0.05, 0.1) is 7.11 Å². The monoisotopic (exact) mass is 151 g/mol. The summed E-state index contributed by atoms with van der Waals surface area (Å²) in [4.78, 5) is 0. The highest BCUT2D eigenvalue weighted by Crippen LogP contribution is 2.13. The third kappa shape index (κ3) is 2.15. The van der Waals surface area contributed by atoms with E-state index in [1.807, 2.05) is 0 Å². The van der Waals surface area contributed by atoms with E-state index in [9.17, 15) is 4.39 Å². The second kappa shape index (κ2) is 4.52. The zero-order chi connectivity index (χ0) is 6.69. The average Bonchev–Trinajstić information content (AvgIpc) is 1.89. The van der Waals surface area contributed by atoms with Crippen molar-refractivity contribution in [1.29, 1.82) is 0 Å². The van der Waals surface area contributed by atoms with Crippen LogP contribution in [0, 0.1) is 11.9 Å². The van der Waals surface area contributed by atoms with Crippen LogP contribution in [0.5, 0.6) is 5.75 Å². The molecule has 1 nitrogen and oxygen atoms in total. The van der Waals surface area contributed by atoms with Crippen molar-refractivity contribution in [3.63, 3.8) is 0 Å². The van der Waals surface area contributed by atoms with Crippen LogP contribution in [0.4, 0.5) is 4.39 Å². The molecule has 0 N–H and O–H groups in total. The summed E-state index contributed by atoms with van der Waals surface area (Å²) in [6.45, 7) is 0. The number of methoxy groups -OCH3 is 1. The van der Waals surface area contributed by atoms with Gasteiger partial charge in [0.25, 0.3) is 0 Å². The second-order valence-electron chi connectivity index (χ2n) is 1.56. The van der Waals surface area contributed by atoms with Gasteiger partial charge in [0.15, 0.2) is 11.6 Å². The molecule has 0 aliphatic carbocycles. The van der Waals surface area contributed by atoms with Crippen LogP contribution in [-0.4, -0.2) is 30.2 Å². The van der Waals surface area contributed by atoms with Gasteiger partial charge in [-0.25, -0.2) is 4.39 Å². The SMILES string of the molecule is COc1cc[c]cc1F.[MgH2]. The Morgan fingerprint density at radius 1 is 1.60 bits per heavy atom. The molecule has 0 bridgehead atoms. The predicted octanol–water partition coefficient (Wildman–Crippen LogP) is 0.718. The molecule has 0 spiro atoms. The summed E-state index contributed by atoms with van der Waals surface area (Å²) >= 11 is 0. The fourth-order valence-electron chi connectivity index (χ4n) is 0.561. The van der Waals surface area contributed by atoms with Gasteiger partial charge >= 0.3 is 23.1 Å². The fraction of sp³-hybridized carbons (Fsp3) is 0.143. The van der Waals surface area contributed by atoms with Crippen molar-refractivity contribution < 1.29 is 9.13 Å². The molecular weight excluding hydrogens is 143 g/mol. The molecule has 0 heterocycles. The summed E-state index contributed by atoms with van der Waals surface area (Å²) in [5.41, 5.74) is 0. The third-order valence-electron chi connectivity index (χ3n) is 0.996. The number of hydrogen-bond acceptors (Lipinski definition) is 1. The minimum atomic E-state index is -0.375. The highest BCUT2D eigenvalue weighted by atomic mass is 24.3. The Labute approximate surface area is 75.3 Å². The molecule has 0 amide bonds. The van der Waals surface area contributed by atoms with Gasteiger partial charge in [0.1, 0.15) is 0 Å². The van der Waals surface area contributed by atoms with Crippen LogP contribution >= 0.6 is 0 Å². The van der Waals surface area contributed by atoms with Crippen LogP contribution in [0.2, 0.25) is 0 Å². The molecule has 1 rings (SSSR count). The Morgan fingerprint density at radius 3 is 2.70 bits per heavy atom. The molecule has 51 valence electrons. The maximum Gasteiger partial charge on any atom is 0.316 e. The Morgan fingerprint density at radius 2 is 2.30 bits per heavy atom. The van der Waals surface area contributed by atoms with E-state index in [1.165, 1.54) is 19.2 Å². The molecule has 1 aromatic carbocycles. The molecule has 0 aliphatic heterocycles. The first-order valence-electron chi connectivity index (χ1n) is 2.54. The molecule has 0 aliphatic rings. The Balaban J connectivity index is 0.000000810. The van der Waals surface area contributed by atoms with E-state index in [2.05, 4.69) is 10.8 Å². The lowest BCUT2D eigenvalue weighted by molar-refractivity contribution is 0.386. The highest BCUT2D eigenvalue weighted by Gasteiger charge is 1.95. The molecule has 0 atom stereocenters. The number of benzene rings is 1. The van der Waals surface area contributed by atoms with E-state index in [-0.39, 0.29) is 34.6 Å². The van der Waals surface area contributed by atoms with Crippen molar-refractivity contribution in [1.82, 2.24) is 0 Å². The number of rotatable bonds is 1. The van der Waals surface area contributed by atoms with Gasteiger partial charge in [-0.3, -0.25) is 0 Å². The molecular formula is C7H8FMgO. The first kappa shape index (κ1) is 9.72. The molecule has 0 saturated heterocycles. The smallest absolute Gasteiger partial charge is 0.316 e. The molecule has 0 unspecified atom stereocenters. The first-order chi connectivity index (χ1) is 4.34. The topological polar surface area (TPSA) is 9.23 Å². The van der Waals surface area contributed by atoms with Crippen LogP contribution in [0.25, 0.3) is 0 Å². The van der Waals surface area contributed by atoms with Crippen molar-refractivity contribution in [2.75, 3.05) is 7.11 Å². The summed E-state index contributed by atoms with van der Waals surface area (Å²) in [5, 5.41) is 0. The van der Waals surface area contributed by atoms with Crippen molar-refractivity contribution in [3.05, 3.63) is 30.1 Å². The summed E-state index contributed by atoms with van der Waals surface area (Å²) in [5.74, 6) is -0.117. The van der Waals surface area contributed by atoms with Gasteiger partial charge in [-0.1, -0.05) is 6.07 Å². The zero-order valence-electron chi connectivity index (χ0n) is 5.02. The maximum atomic E-state index is 12.4. The van der Waals surface area contributed by atoms with Crippen LogP contribution < -0.4 is 4.74 Å². The average molecular weight is 151 g/mol. The van der Waals surface area contributed by atoms with E-state index in [0.717, 1.165) is 0 Å². The van der Waals surface area contributed by atoms with E-state index < -0.39 is 0 Å². The van der Waals surface area contributed by atoms with E-state index >= 15 is 0 Å². The largest absolute Gasteiger partial charge is 0.494 e. The number of halogens is 1. The zero-order valence-corrected chi connectivity index (χ0v) is 5.02. The minimum Gasteiger partial charge on any atom is -0.494 e. The van der Waals surface area contributed by atoms with Gasteiger partial charge in [-0.2, -0.15) is 0 Å². The Kier molecular flexibility index (Phi) is 4.39. The number of hydrogen-bond donors (Lipinski definition) is 0. The lowest BCUT2D eigenvalue weighted by Crippen LogP contribution is -1.85. The lowest BCUT2D eigenvalue weighted by Gasteiger charge is -1.97. The van der Waals surface area contributed by atoms with Gasteiger partial charge in [0, 0.05) is 0 Å². The van der Waals surface area contributed by atoms with Crippen molar-refractivity contribution >= 4 is 23.1 Å². The Hall–Kier alpha value is -0.284.